The molecule has 2 saturated heterocycles. The number of nitrogens with zero attached hydrogens (tertiary/aromatic N) is 5. The van der Waals surface area contributed by atoms with E-state index in [1.807, 2.05) is 17.9 Å². The Labute approximate surface area is 255 Å². The number of alkyl halides is 6. The summed E-state index contributed by atoms with van der Waals surface area (Å²) in [6.07, 6.45) is -6.46. The predicted octanol–water partition coefficient (Wildman–Crippen LogP) is 4.69. The lowest BCUT2D eigenvalue weighted by Crippen LogP contribution is -2.56. The Kier molecular flexibility index (Phi) is 9.99. The van der Waals surface area contributed by atoms with Crippen LogP contribution >= 0.6 is 0 Å². The second kappa shape index (κ2) is 13.7. The molecule has 0 aliphatic carbocycles. The average molecular weight is 641 g/mol. The molecule has 9 nitrogen and oxygen atoms in total. The molecule has 3 aromatic rings. The highest BCUT2D eigenvalue weighted by atomic mass is 19.4. The van der Waals surface area contributed by atoms with Crippen LogP contribution in [0.4, 0.5) is 26.3 Å². The third-order valence-corrected chi connectivity index (χ3v) is 7.93. The van der Waals surface area contributed by atoms with Crippen molar-refractivity contribution in [2.45, 2.75) is 31.7 Å². The van der Waals surface area contributed by atoms with Crippen molar-refractivity contribution in [3.05, 3.63) is 65.0 Å². The number of rotatable bonds is 9. The Morgan fingerprint density at radius 3 is 2.44 bits per heavy atom. The van der Waals surface area contributed by atoms with Crippen LogP contribution < -0.4 is 0 Å². The maximum Gasteiger partial charge on any atom is 0.416 e. The Balaban J connectivity index is 1.34. The van der Waals surface area contributed by atoms with E-state index in [1.165, 1.54) is 4.90 Å². The summed E-state index contributed by atoms with van der Waals surface area (Å²) < 4.78 is 86.7. The minimum atomic E-state index is -5.06. The molecule has 15 heteroatoms. The molecule has 1 atom stereocenters. The molecule has 0 radical (unpaired) electrons. The lowest BCUT2D eigenvalue weighted by molar-refractivity contribution is -0.143. The van der Waals surface area contributed by atoms with Crippen LogP contribution in [0.5, 0.6) is 0 Å². The standard InChI is InChI=1S/C30H34F6N6O3/c1-20(39-45-12-9-40-7-10-44-11-8-40)18-41-5-6-42(25(19-41)15-22-17-38-27-26(22)3-2-4-37-27)28(43)21-13-23(29(31,32)33)16-24(14-21)30(34,35)36/h2-4,13-14,16-17,25H,5-12,15,18-19H2,1H3,(H,37,38). The first-order valence-corrected chi connectivity index (χ1v) is 14.6. The van der Waals surface area contributed by atoms with Gasteiger partial charge in [0.25, 0.3) is 5.91 Å². The number of carbonyl (C=O) groups is 1. The molecule has 2 fully saturated rings. The number of nitrogens with one attached hydrogen (secondary N) is 1. The zero-order valence-electron chi connectivity index (χ0n) is 24.6. The van der Waals surface area contributed by atoms with E-state index in [0.717, 1.165) is 24.0 Å². The van der Waals surface area contributed by atoms with Gasteiger partial charge in [0.05, 0.1) is 30.1 Å². The van der Waals surface area contributed by atoms with Gasteiger partial charge in [0, 0.05) is 75.2 Å². The summed E-state index contributed by atoms with van der Waals surface area (Å²) >= 11 is 0. The minimum absolute atomic E-state index is 0.0241. The topological polar surface area (TPSA) is 86.3 Å². The number of aromatic amines is 1. The number of oxime groups is 1. The van der Waals surface area contributed by atoms with Gasteiger partial charge in [-0.2, -0.15) is 26.3 Å². The van der Waals surface area contributed by atoms with E-state index in [9.17, 15) is 31.1 Å². The minimum Gasteiger partial charge on any atom is -0.394 e. The molecular weight excluding hydrogens is 606 g/mol. The molecular formula is C30H34F6N6O3. The van der Waals surface area contributed by atoms with Crippen molar-refractivity contribution in [3.8, 4) is 0 Å². The maximum atomic E-state index is 13.7. The van der Waals surface area contributed by atoms with Gasteiger partial charge in [-0.1, -0.05) is 5.16 Å². The van der Waals surface area contributed by atoms with Crippen LogP contribution in [0.2, 0.25) is 0 Å². The lowest BCUT2D eigenvalue weighted by atomic mass is 9.99. The van der Waals surface area contributed by atoms with Gasteiger partial charge in [-0.15, -0.1) is 0 Å². The van der Waals surface area contributed by atoms with Crippen molar-refractivity contribution >= 4 is 22.7 Å². The molecule has 0 saturated carbocycles. The Bertz CT molecular complexity index is 1470. The van der Waals surface area contributed by atoms with Gasteiger partial charge in [0.15, 0.2) is 0 Å². The van der Waals surface area contributed by atoms with Crippen molar-refractivity contribution in [2.24, 2.45) is 5.16 Å². The van der Waals surface area contributed by atoms with Gasteiger partial charge in [-0.25, -0.2) is 4.98 Å². The first-order valence-electron chi connectivity index (χ1n) is 14.6. The number of ether oxygens (including phenoxy) is 1. The van der Waals surface area contributed by atoms with Gasteiger partial charge in [-0.3, -0.25) is 14.6 Å². The number of carbonyl (C=O) groups excluding carboxylic acids is 1. The monoisotopic (exact) mass is 640 g/mol. The number of pyridine rings is 1. The fourth-order valence-corrected chi connectivity index (χ4v) is 5.69. The lowest BCUT2D eigenvalue weighted by Gasteiger charge is -2.41. The summed E-state index contributed by atoms with van der Waals surface area (Å²) in [4.78, 5) is 32.2. The third kappa shape index (κ3) is 8.32. The molecule has 2 aromatic heterocycles. The summed E-state index contributed by atoms with van der Waals surface area (Å²) in [6, 6.07) is 4.05. The fourth-order valence-electron chi connectivity index (χ4n) is 5.69. The van der Waals surface area contributed by atoms with E-state index in [2.05, 4.69) is 20.0 Å². The van der Waals surface area contributed by atoms with Gasteiger partial charge in [0.1, 0.15) is 12.3 Å². The molecule has 2 aliphatic heterocycles. The van der Waals surface area contributed by atoms with Gasteiger partial charge < -0.3 is 19.5 Å². The molecule has 45 heavy (non-hydrogen) atoms. The normalized spacial score (nSPS) is 19.3. The molecule has 1 amide bonds. The number of benzene rings is 1. The van der Waals surface area contributed by atoms with E-state index in [4.69, 9.17) is 9.57 Å². The number of fused-ring (bicyclic) bond motifs is 1. The fraction of sp³-hybridized carbons (Fsp3) is 0.500. The summed E-state index contributed by atoms with van der Waals surface area (Å²) in [7, 11) is 0. The van der Waals surface area contributed by atoms with Crippen molar-refractivity contribution in [1.82, 2.24) is 24.7 Å². The molecule has 2 aliphatic rings. The molecule has 5 rings (SSSR count). The van der Waals surface area contributed by atoms with E-state index >= 15 is 0 Å². The molecule has 4 heterocycles. The van der Waals surface area contributed by atoms with E-state index in [0.29, 0.717) is 75.9 Å². The van der Waals surface area contributed by atoms with Gasteiger partial charge in [0.2, 0.25) is 0 Å². The Morgan fingerprint density at radius 2 is 1.76 bits per heavy atom. The maximum absolute atomic E-state index is 13.7. The molecule has 0 spiro atoms. The second-order valence-corrected chi connectivity index (χ2v) is 11.2. The first kappa shape index (κ1) is 32.7. The predicted molar refractivity (Wildman–Crippen MR) is 154 cm³/mol. The highest BCUT2D eigenvalue weighted by Crippen LogP contribution is 2.37. The molecule has 244 valence electrons. The van der Waals surface area contributed by atoms with Crippen LogP contribution in [-0.4, -0.2) is 108 Å². The zero-order chi connectivity index (χ0) is 32.2. The number of morpholine rings is 1. The highest BCUT2D eigenvalue weighted by molar-refractivity contribution is 5.95. The van der Waals surface area contributed by atoms with Crippen molar-refractivity contribution in [3.63, 3.8) is 0 Å². The molecule has 1 aromatic carbocycles. The zero-order valence-corrected chi connectivity index (χ0v) is 24.6. The number of hydrogen-bond donors (Lipinski definition) is 1. The van der Waals surface area contributed by atoms with Crippen LogP contribution in [0.25, 0.3) is 11.0 Å². The quantitative estimate of drug-likeness (QED) is 0.158. The molecule has 1 unspecified atom stereocenters. The number of H-pyrrole nitrogens is 1. The van der Waals surface area contributed by atoms with Gasteiger partial charge in [-0.05, 0) is 49.2 Å². The van der Waals surface area contributed by atoms with Crippen LogP contribution in [0.3, 0.4) is 0 Å². The highest BCUT2D eigenvalue weighted by Gasteiger charge is 2.39. The van der Waals surface area contributed by atoms with Crippen LogP contribution in [0, 0.1) is 0 Å². The summed E-state index contributed by atoms with van der Waals surface area (Å²) in [5.41, 5.74) is -1.58. The summed E-state index contributed by atoms with van der Waals surface area (Å²) in [5.74, 6) is -0.897. The van der Waals surface area contributed by atoms with Gasteiger partial charge >= 0.3 is 12.4 Å². The Hall–Kier alpha value is -3.69. The Morgan fingerprint density at radius 1 is 1.04 bits per heavy atom. The largest absolute Gasteiger partial charge is 0.416 e. The van der Waals surface area contributed by atoms with Crippen LogP contribution in [-0.2, 0) is 28.3 Å². The SMILES string of the molecule is CC(CN1CCN(C(=O)c2cc(C(F)(F)F)cc(C(F)(F)F)c2)C(Cc2c[nH]c3ncccc23)C1)=NOCCN1CCOCC1. The smallest absolute Gasteiger partial charge is 0.394 e. The number of piperazine rings is 1. The average Bonchev–Trinajstić information content (AvgIpc) is 3.41. The number of amides is 1. The number of hydrogen-bond acceptors (Lipinski definition) is 7. The third-order valence-electron chi connectivity index (χ3n) is 7.93. The molecule has 0 bridgehead atoms. The van der Waals surface area contributed by atoms with Crippen molar-refractivity contribution in [1.29, 1.82) is 0 Å². The van der Waals surface area contributed by atoms with Crippen LogP contribution in [0.15, 0.2) is 47.9 Å². The van der Waals surface area contributed by atoms with E-state index in [1.54, 1.807) is 18.5 Å². The van der Waals surface area contributed by atoms with E-state index in [-0.39, 0.29) is 12.6 Å². The number of aromatic nitrogens is 2. The summed E-state index contributed by atoms with van der Waals surface area (Å²) in [6.45, 7) is 7.13. The second-order valence-electron chi connectivity index (χ2n) is 11.2. The van der Waals surface area contributed by atoms with Crippen LogP contribution in [0.1, 0.15) is 34.0 Å². The van der Waals surface area contributed by atoms with Crippen molar-refractivity contribution in [2.75, 3.05) is 65.6 Å². The summed E-state index contributed by atoms with van der Waals surface area (Å²) in [5, 5.41) is 5.03. The molecule has 1 N–H and O–H groups in total. The van der Waals surface area contributed by atoms with E-state index < -0.39 is 41.0 Å². The first-order chi connectivity index (χ1) is 21.4. The van der Waals surface area contributed by atoms with Crippen molar-refractivity contribution < 1.29 is 40.7 Å². The number of halogens is 6.